The molecule has 20 heavy (non-hydrogen) atoms. The number of carbonyl (C=O) groups is 1. The second-order valence-electron chi connectivity index (χ2n) is 7.35. The fraction of sp³-hybridized carbons (Fsp3) is 0.944. The van der Waals surface area contributed by atoms with E-state index in [4.69, 9.17) is 0 Å². The number of hydrogen-bond acceptors (Lipinski definition) is 1. The molecule has 0 aromatic rings. The van der Waals surface area contributed by atoms with Crippen molar-refractivity contribution in [3.05, 3.63) is 0 Å². The molecule has 0 aromatic heterocycles. The van der Waals surface area contributed by atoms with Gasteiger partial charge in [0.05, 0.1) is 0 Å². The molecule has 0 saturated carbocycles. The highest BCUT2D eigenvalue weighted by Gasteiger charge is 2.22. The smallest absolute Gasteiger partial charge is 0.223 e. The minimum Gasteiger partial charge on any atom is -0.342 e. The van der Waals surface area contributed by atoms with Crippen LogP contribution in [0.15, 0.2) is 0 Å². The van der Waals surface area contributed by atoms with Gasteiger partial charge in [0.15, 0.2) is 0 Å². The summed E-state index contributed by atoms with van der Waals surface area (Å²) in [6, 6.07) is 0. The Kier molecular flexibility index (Phi) is 9.96. The quantitative estimate of drug-likeness (QED) is 0.535. The van der Waals surface area contributed by atoms with Gasteiger partial charge >= 0.3 is 0 Å². The molecule has 1 unspecified atom stereocenters. The third kappa shape index (κ3) is 9.39. The number of nitrogens with zero attached hydrogens (tertiary/aromatic N) is 1. The van der Waals surface area contributed by atoms with Crippen molar-refractivity contribution >= 4 is 5.91 Å². The molecule has 0 bridgehead atoms. The molecule has 0 spiro atoms. The van der Waals surface area contributed by atoms with Crippen LogP contribution in [-0.2, 0) is 4.79 Å². The fourth-order valence-electron chi connectivity index (χ4n) is 2.46. The number of rotatable bonds is 10. The van der Waals surface area contributed by atoms with Gasteiger partial charge in [-0.3, -0.25) is 4.79 Å². The van der Waals surface area contributed by atoms with Crippen molar-refractivity contribution in [2.45, 2.75) is 86.5 Å². The van der Waals surface area contributed by atoms with Gasteiger partial charge in [-0.15, -0.1) is 0 Å². The summed E-state index contributed by atoms with van der Waals surface area (Å²) in [7, 11) is 0. The molecule has 0 rings (SSSR count). The summed E-state index contributed by atoms with van der Waals surface area (Å²) in [6.07, 6.45) is 7.94. The maximum Gasteiger partial charge on any atom is 0.223 e. The van der Waals surface area contributed by atoms with Gasteiger partial charge in [-0.2, -0.15) is 0 Å². The molecule has 0 aliphatic carbocycles. The predicted molar refractivity (Wildman–Crippen MR) is 88.9 cm³/mol. The predicted octanol–water partition coefficient (Wildman–Crippen LogP) is 5.27. The van der Waals surface area contributed by atoms with Crippen LogP contribution in [-0.4, -0.2) is 23.9 Å². The van der Waals surface area contributed by atoms with Gasteiger partial charge in [-0.25, -0.2) is 0 Å². The van der Waals surface area contributed by atoms with Crippen LogP contribution in [0, 0.1) is 11.3 Å². The molecule has 0 fully saturated rings. The van der Waals surface area contributed by atoms with Crippen LogP contribution < -0.4 is 0 Å². The molecule has 2 nitrogen and oxygen atoms in total. The number of hydrogen-bond donors (Lipinski definition) is 0. The van der Waals surface area contributed by atoms with E-state index in [1.165, 1.54) is 25.7 Å². The summed E-state index contributed by atoms with van der Waals surface area (Å²) in [4.78, 5) is 14.7. The maximum absolute atomic E-state index is 12.5. The Morgan fingerprint density at radius 3 is 2.10 bits per heavy atom. The van der Waals surface area contributed by atoms with E-state index in [1.54, 1.807) is 0 Å². The highest BCUT2D eigenvalue weighted by molar-refractivity contribution is 5.76. The molecule has 2 heteroatoms. The van der Waals surface area contributed by atoms with Crippen LogP contribution in [0.4, 0.5) is 0 Å². The lowest BCUT2D eigenvalue weighted by atomic mass is 9.91. The van der Waals surface area contributed by atoms with Crippen molar-refractivity contribution in [2.75, 3.05) is 13.1 Å². The van der Waals surface area contributed by atoms with Crippen LogP contribution in [0.1, 0.15) is 86.5 Å². The van der Waals surface area contributed by atoms with E-state index in [9.17, 15) is 4.79 Å². The summed E-state index contributed by atoms with van der Waals surface area (Å²) >= 11 is 0. The summed E-state index contributed by atoms with van der Waals surface area (Å²) in [5.74, 6) is 1.02. The molecular weight excluding hydrogens is 246 g/mol. The van der Waals surface area contributed by atoms with Gasteiger partial charge in [0.1, 0.15) is 0 Å². The third-order valence-electron chi connectivity index (χ3n) is 3.84. The topological polar surface area (TPSA) is 20.3 Å². The summed E-state index contributed by atoms with van der Waals surface area (Å²) < 4.78 is 0. The standard InChI is InChI=1S/C18H37NO/c1-7-10-12-16(9-3)15-19(13-11-8-2)17(20)14-18(4,5)6/h16H,7-15H2,1-6H3. The Balaban J connectivity index is 4.55. The monoisotopic (exact) mass is 283 g/mol. The average Bonchev–Trinajstić information content (AvgIpc) is 2.36. The Hall–Kier alpha value is -0.530. The lowest BCUT2D eigenvalue weighted by Gasteiger charge is -2.30. The van der Waals surface area contributed by atoms with E-state index in [0.29, 0.717) is 18.2 Å². The minimum atomic E-state index is 0.0900. The van der Waals surface area contributed by atoms with Gasteiger partial charge in [-0.05, 0) is 24.2 Å². The number of unbranched alkanes of at least 4 members (excludes halogenated alkanes) is 2. The van der Waals surface area contributed by atoms with Gasteiger partial charge in [0.25, 0.3) is 0 Å². The van der Waals surface area contributed by atoms with E-state index in [-0.39, 0.29) is 5.41 Å². The first-order valence-corrected chi connectivity index (χ1v) is 8.61. The Labute approximate surface area is 127 Å². The van der Waals surface area contributed by atoms with Crippen molar-refractivity contribution < 1.29 is 4.79 Å². The van der Waals surface area contributed by atoms with E-state index in [0.717, 1.165) is 25.9 Å². The Morgan fingerprint density at radius 1 is 1.05 bits per heavy atom. The number of carbonyl (C=O) groups excluding carboxylic acids is 1. The molecule has 0 heterocycles. The van der Waals surface area contributed by atoms with Crippen LogP contribution in [0.25, 0.3) is 0 Å². The van der Waals surface area contributed by atoms with Crippen molar-refractivity contribution in [1.82, 2.24) is 4.90 Å². The molecule has 0 radical (unpaired) electrons. The minimum absolute atomic E-state index is 0.0900. The first-order valence-electron chi connectivity index (χ1n) is 8.61. The Morgan fingerprint density at radius 2 is 1.65 bits per heavy atom. The lowest BCUT2D eigenvalue weighted by molar-refractivity contribution is -0.133. The first kappa shape index (κ1) is 19.5. The second-order valence-corrected chi connectivity index (χ2v) is 7.35. The highest BCUT2D eigenvalue weighted by atomic mass is 16.2. The van der Waals surface area contributed by atoms with Crippen LogP contribution in [0.5, 0.6) is 0 Å². The van der Waals surface area contributed by atoms with Gasteiger partial charge in [-0.1, -0.05) is 67.2 Å². The molecule has 1 atom stereocenters. The van der Waals surface area contributed by atoms with E-state index in [2.05, 4.69) is 46.4 Å². The van der Waals surface area contributed by atoms with Crippen molar-refractivity contribution in [3.63, 3.8) is 0 Å². The molecule has 0 N–H and O–H groups in total. The van der Waals surface area contributed by atoms with Gasteiger partial charge in [0.2, 0.25) is 5.91 Å². The zero-order valence-corrected chi connectivity index (χ0v) is 14.8. The largest absolute Gasteiger partial charge is 0.342 e. The fourth-order valence-corrected chi connectivity index (χ4v) is 2.46. The first-order chi connectivity index (χ1) is 9.34. The van der Waals surface area contributed by atoms with Crippen LogP contribution in [0.3, 0.4) is 0 Å². The van der Waals surface area contributed by atoms with Gasteiger partial charge in [0, 0.05) is 19.5 Å². The summed E-state index contributed by atoms with van der Waals surface area (Å²) in [5.41, 5.74) is 0.0900. The Bertz CT molecular complexity index is 255. The van der Waals surface area contributed by atoms with E-state index in [1.807, 2.05) is 0 Å². The van der Waals surface area contributed by atoms with Gasteiger partial charge < -0.3 is 4.90 Å². The van der Waals surface area contributed by atoms with Crippen molar-refractivity contribution in [2.24, 2.45) is 11.3 Å². The van der Waals surface area contributed by atoms with Crippen LogP contribution >= 0.6 is 0 Å². The molecule has 0 aromatic carbocycles. The molecule has 0 aliphatic heterocycles. The molecule has 0 aliphatic rings. The zero-order valence-electron chi connectivity index (χ0n) is 14.8. The second kappa shape index (κ2) is 10.2. The SMILES string of the molecule is CCCCC(CC)CN(CCCC)C(=O)CC(C)(C)C. The highest BCUT2D eigenvalue weighted by Crippen LogP contribution is 2.22. The normalized spacial score (nSPS) is 13.3. The summed E-state index contributed by atoms with van der Waals surface area (Å²) in [5, 5.41) is 0. The average molecular weight is 283 g/mol. The molecular formula is C18H37NO. The number of amides is 1. The lowest BCUT2D eigenvalue weighted by Crippen LogP contribution is -2.38. The van der Waals surface area contributed by atoms with E-state index >= 15 is 0 Å². The molecule has 1 amide bonds. The van der Waals surface area contributed by atoms with Crippen molar-refractivity contribution in [3.8, 4) is 0 Å². The molecule has 0 saturated heterocycles. The zero-order chi connectivity index (χ0) is 15.6. The van der Waals surface area contributed by atoms with Crippen LogP contribution in [0.2, 0.25) is 0 Å². The molecule has 120 valence electrons. The third-order valence-corrected chi connectivity index (χ3v) is 3.84. The maximum atomic E-state index is 12.5. The van der Waals surface area contributed by atoms with E-state index < -0.39 is 0 Å². The van der Waals surface area contributed by atoms with Crippen molar-refractivity contribution in [1.29, 1.82) is 0 Å². The summed E-state index contributed by atoms with van der Waals surface area (Å²) in [6.45, 7) is 15.0.